The summed E-state index contributed by atoms with van der Waals surface area (Å²) in [4.78, 5) is 10.3. The Morgan fingerprint density at radius 1 is 1.00 bits per heavy atom. The molecule has 1 aliphatic carbocycles. The van der Waals surface area contributed by atoms with Crippen LogP contribution in [0.4, 0.5) is 5.69 Å². The third-order valence-electron chi connectivity index (χ3n) is 5.82. The summed E-state index contributed by atoms with van der Waals surface area (Å²) in [6.07, 6.45) is 7.02. The van der Waals surface area contributed by atoms with Crippen molar-refractivity contribution in [3.05, 3.63) is 46.2 Å². The van der Waals surface area contributed by atoms with Crippen molar-refractivity contribution < 1.29 is 17.8 Å². The molecule has 1 saturated carbocycles. The van der Waals surface area contributed by atoms with Gasteiger partial charge in [-0.1, -0.05) is 31.4 Å². The molecule has 156 valence electrons. The Balaban J connectivity index is 1.54. The van der Waals surface area contributed by atoms with Crippen LogP contribution >= 0.6 is 0 Å². The molecular weight excluding hydrogens is 396 g/mol. The first-order chi connectivity index (χ1) is 14.0. The molecule has 4 rings (SSSR count). The van der Waals surface area contributed by atoms with Crippen LogP contribution < -0.4 is 0 Å². The van der Waals surface area contributed by atoms with Gasteiger partial charge in [0.05, 0.1) is 10.8 Å². The molecule has 2 fully saturated rings. The highest BCUT2D eigenvalue weighted by atomic mass is 32.2. The summed E-state index contributed by atoms with van der Waals surface area (Å²) < 4.78 is 33.4. The maximum absolute atomic E-state index is 13.1. The zero-order valence-corrected chi connectivity index (χ0v) is 16.9. The molecule has 0 bridgehead atoms. The first-order valence-corrected chi connectivity index (χ1v) is 11.5. The lowest BCUT2D eigenvalue weighted by Crippen LogP contribution is -2.39. The van der Waals surface area contributed by atoms with E-state index in [1.807, 2.05) is 0 Å². The van der Waals surface area contributed by atoms with Crippen LogP contribution in [0.15, 0.2) is 33.6 Å². The molecule has 0 N–H and O–H groups in total. The minimum atomic E-state index is -3.99. The van der Waals surface area contributed by atoms with Crippen LogP contribution in [-0.2, 0) is 10.0 Å². The average molecular weight is 420 g/mol. The van der Waals surface area contributed by atoms with Gasteiger partial charge in [-0.25, -0.2) is 8.42 Å². The number of nitro benzene ring substituents is 1. The number of nitrogens with zero attached hydrogens (tertiary/aromatic N) is 4. The minimum absolute atomic E-state index is 0.181. The summed E-state index contributed by atoms with van der Waals surface area (Å²) in [5.41, 5.74) is -0.410. The summed E-state index contributed by atoms with van der Waals surface area (Å²) >= 11 is 0. The predicted molar refractivity (Wildman–Crippen MR) is 104 cm³/mol. The Kier molecular flexibility index (Phi) is 5.64. The van der Waals surface area contributed by atoms with Crippen LogP contribution in [0.3, 0.4) is 0 Å². The number of nitro groups is 1. The summed E-state index contributed by atoms with van der Waals surface area (Å²) in [6.45, 7) is 0.495. The van der Waals surface area contributed by atoms with E-state index in [0.717, 1.165) is 32.1 Å². The summed E-state index contributed by atoms with van der Waals surface area (Å²) in [7, 11) is -3.99. The number of benzene rings is 1. The van der Waals surface area contributed by atoms with Crippen molar-refractivity contribution in [2.45, 2.75) is 61.7 Å². The number of hydrogen-bond acceptors (Lipinski definition) is 7. The second-order valence-electron chi connectivity index (χ2n) is 7.74. The molecule has 2 aromatic rings. The molecule has 2 aliphatic rings. The van der Waals surface area contributed by atoms with Crippen LogP contribution in [-0.4, -0.2) is 40.9 Å². The summed E-state index contributed by atoms with van der Waals surface area (Å²) in [6, 6.07) is 5.45. The van der Waals surface area contributed by atoms with Gasteiger partial charge >= 0.3 is 0 Å². The van der Waals surface area contributed by atoms with Crippen molar-refractivity contribution in [2.75, 3.05) is 13.1 Å². The van der Waals surface area contributed by atoms with E-state index in [9.17, 15) is 18.5 Å². The van der Waals surface area contributed by atoms with Crippen LogP contribution in [0, 0.1) is 10.1 Å². The third kappa shape index (κ3) is 4.04. The van der Waals surface area contributed by atoms with E-state index in [1.54, 1.807) is 0 Å². The van der Waals surface area contributed by atoms with Gasteiger partial charge < -0.3 is 4.42 Å². The van der Waals surface area contributed by atoms with E-state index in [2.05, 4.69) is 10.2 Å². The molecule has 1 aromatic carbocycles. The van der Waals surface area contributed by atoms with E-state index < -0.39 is 20.6 Å². The fraction of sp³-hybridized carbons (Fsp3) is 0.579. The van der Waals surface area contributed by atoms with Crippen LogP contribution in [0.2, 0.25) is 0 Å². The van der Waals surface area contributed by atoms with E-state index in [0.29, 0.717) is 30.7 Å². The Hall–Kier alpha value is -2.33. The highest BCUT2D eigenvalue weighted by molar-refractivity contribution is 7.89. The van der Waals surface area contributed by atoms with Gasteiger partial charge in [-0.05, 0) is 31.7 Å². The molecule has 1 aromatic heterocycles. The molecule has 1 atom stereocenters. The molecule has 10 heteroatoms. The van der Waals surface area contributed by atoms with Gasteiger partial charge in [0.1, 0.15) is 0 Å². The zero-order chi connectivity index (χ0) is 20.4. The maximum atomic E-state index is 13.1. The van der Waals surface area contributed by atoms with E-state index in [-0.39, 0.29) is 17.4 Å². The quantitative estimate of drug-likeness (QED) is 0.535. The Morgan fingerprint density at radius 2 is 1.66 bits per heavy atom. The van der Waals surface area contributed by atoms with E-state index >= 15 is 0 Å². The largest absolute Gasteiger partial charge is 0.425 e. The highest BCUT2D eigenvalue weighted by Gasteiger charge is 2.36. The van der Waals surface area contributed by atoms with Crippen molar-refractivity contribution in [2.24, 2.45) is 0 Å². The SMILES string of the molecule is O=[N+]([O-])c1ccccc1S(=O)(=O)N1CCCC(c2nnc(C3CCCCC3)o2)C1. The Morgan fingerprint density at radius 3 is 2.38 bits per heavy atom. The molecule has 1 aliphatic heterocycles. The van der Waals surface area contributed by atoms with E-state index in [4.69, 9.17) is 4.42 Å². The first kappa shape index (κ1) is 20.0. The molecule has 0 amide bonds. The second-order valence-corrected chi connectivity index (χ2v) is 9.65. The Labute approximate surface area is 169 Å². The number of hydrogen-bond donors (Lipinski definition) is 0. The summed E-state index contributed by atoms with van der Waals surface area (Å²) in [5, 5.41) is 19.7. The number of aromatic nitrogens is 2. The number of rotatable bonds is 5. The number of sulfonamides is 1. The van der Waals surface area contributed by atoms with Crippen molar-refractivity contribution in [3.8, 4) is 0 Å². The standard InChI is InChI=1S/C19H24N4O5S/c24-23(25)16-10-4-5-11-17(16)29(26,27)22-12-6-9-15(13-22)19-21-20-18(28-19)14-7-2-1-3-8-14/h4-5,10-11,14-15H,1-3,6-9,12-13H2. The van der Waals surface area contributed by atoms with Gasteiger partial charge in [0, 0.05) is 25.1 Å². The van der Waals surface area contributed by atoms with Crippen LogP contribution in [0.5, 0.6) is 0 Å². The fourth-order valence-corrected chi connectivity index (χ4v) is 5.93. The first-order valence-electron chi connectivity index (χ1n) is 10.0. The van der Waals surface area contributed by atoms with Gasteiger partial charge in [-0.15, -0.1) is 10.2 Å². The zero-order valence-electron chi connectivity index (χ0n) is 16.1. The normalized spacial score (nSPS) is 21.9. The van der Waals surface area contributed by atoms with Gasteiger partial charge in [-0.2, -0.15) is 4.31 Å². The maximum Gasteiger partial charge on any atom is 0.289 e. The monoisotopic (exact) mass is 420 g/mol. The van der Waals surface area contributed by atoms with Gasteiger partial charge in [0.25, 0.3) is 5.69 Å². The second kappa shape index (κ2) is 8.19. The highest BCUT2D eigenvalue weighted by Crippen LogP contribution is 2.35. The number of para-hydroxylation sites is 1. The van der Waals surface area contributed by atoms with Crippen LogP contribution in [0.1, 0.15) is 68.6 Å². The molecule has 2 heterocycles. The molecule has 1 unspecified atom stereocenters. The fourth-order valence-electron chi connectivity index (χ4n) is 4.25. The molecule has 0 radical (unpaired) electrons. The average Bonchev–Trinajstić information content (AvgIpc) is 3.25. The predicted octanol–water partition coefficient (Wildman–Crippen LogP) is 3.59. The Bertz CT molecular complexity index is 984. The molecular formula is C19H24N4O5S. The minimum Gasteiger partial charge on any atom is -0.425 e. The van der Waals surface area contributed by atoms with Gasteiger partial charge in [0.2, 0.25) is 21.8 Å². The van der Waals surface area contributed by atoms with E-state index in [1.165, 1.54) is 35.0 Å². The topological polar surface area (TPSA) is 119 Å². The molecule has 9 nitrogen and oxygen atoms in total. The van der Waals surface area contributed by atoms with Gasteiger partial charge in [0.15, 0.2) is 4.90 Å². The smallest absolute Gasteiger partial charge is 0.289 e. The number of piperidine rings is 1. The molecule has 0 spiro atoms. The van der Waals surface area contributed by atoms with Crippen LogP contribution in [0.25, 0.3) is 0 Å². The summed E-state index contributed by atoms with van der Waals surface area (Å²) in [5.74, 6) is 1.21. The van der Waals surface area contributed by atoms with Crippen molar-refractivity contribution in [1.29, 1.82) is 0 Å². The third-order valence-corrected chi connectivity index (χ3v) is 7.74. The van der Waals surface area contributed by atoms with Crippen molar-refractivity contribution in [3.63, 3.8) is 0 Å². The lowest BCUT2D eigenvalue weighted by molar-refractivity contribution is -0.387. The van der Waals surface area contributed by atoms with Crippen molar-refractivity contribution >= 4 is 15.7 Å². The lowest BCUT2D eigenvalue weighted by Gasteiger charge is -2.30. The molecule has 29 heavy (non-hydrogen) atoms. The van der Waals surface area contributed by atoms with Crippen molar-refractivity contribution in [1.82, 2.24) is 14.5 Å². The molecule has 1 saturated heterocycles. The lowest BCUT2D eigenvalue weighted by atomic mass is 9.89. The van der Waals surface area contributed by atoms with Gasteiger partial charge in [-0.3, -0.25) is 10.1 Å².